The first kappa shape index (κ1) is 26.7. The molecule has 1 heterocycles. The summed E-state index contributed by atoms with van der Waals surface area (Å²) in [4.78, 5) is 41.1. The summed E-state index contributed by atoms with van der Waals surface area (Å²) < 4.78 is 4.82. The smallest absolute Gasteiger partial charge is 0.338 e. The predicted octanol–water partition coefficient (Wildman–Crippen LogP) is 5.10. The number of aryl methyl sites for hydroxylation is 1. The van der Waals surface area contributed by atoms with Crippen molar-refractivity contribution in [2.24, 2.45) is 0 Å². The van der Waals surface area contributed by atoms with E-state index in [0.717, 1.165) is 24.2 Å². The van der Waals surface area contributed by atoms with Gasteiger partial charge in [-0.25, -0.2) is 9.59 Å². The third kappa shape index (κ3) is 6.91. The number of nitrogens with zero attached hydrogens (tertiary/aromatic N) is 2. The van der Waals surface area contributed by atoms with Gasteiger partial charge in [0.15, 0.2) is 0 Å². The normalized spacial score (nSPS) is 13.1. The molecule has 0 aromatic heterocycles. The van der Waals surface area contributed by atoms with Crippen molar-refractivity contribution in [3.05, 3.63) is 89.5 Å². The quantitative estimate of drug-likeness (QED) is 0.408. The summed E-state index contributed by atoms with van der Waals surface area (Å²) in [7, 11) is 1.34. The number of anilines is 3. The minimum Gasteiger partial charge on any atom is -0.465 e. The molecule has 0 radical (unpaired) electrons. The SMILES string of the molecule is COC(=O)c1cccc(NC(=O)N2CCN(c3ccc(NC(=O)CCCc4ccccc4)cc3)CC2)c1C. The largest absolute Gasteiger partial charge is 0.465 e. The van der Waals surface area contributed by atoms with Crippen LogP contribution in [-0.2, 0) is 16.0 Å². The monoisotopic (exact) mass is 514 g/mol. The Morgan fingerprint density at radius 2 is 1.55 bits per heavy atom. The maximum absolute atomic E-state index is 12.9. The summed E-state index contributed by atoms with van der Waals surface area (Å²) in [5.74, 6) is -0.415. The minimum absolute atomic E-state index is 0.0145. The van der Waals surface area contributed by atoms with Crippen molar-refractivity contribution in [2.45, 2.75) is 26.2 Å². The lowest BCUT2D eigenvalue weighted by Gasteiger charge is -2.36. The molecule has 1 aliphatic rings. The van der Waals surface area contributed by atoms with Crippen LogP contribution in [0.3, 0.4) is 0 Å². The fourth-order valence-corrected chi connectivity index (χ4v) is 4.54. The second kappa shape index (κ2) is 12.8. The van der Waals surface area contributed by atoms with Crippen LogP contribution < -0.4 is 15.5 Å². The molecule has 2 N–H and O–H groups in total. The number of benzene rings is 3. The lowest BCUT2D eigenvalue weighted by atomic mass is 10.1. The summed E-state index contributed by atoms with van der Waals surface area (Å²) in [6, 6.07) is 23.0. The molecule has 0 saturated carbocycles. The highest BCUT2D eigenvalue weighted by Gasteiger charge is 2.22. The Hall–Kier alpha value is -4.33. The van der Waals surface area contributed by atoms with Crippen LogP contribution in [0.2, 0.25) is 0 Å². The van der Waals surface area contributed by atoms with Gasteiger partial charge in [0.05, 0.1) is 12.7 Å². The van der Waals surface area contributed by atoms with Crippen molar-refractivity contribution in [2.75, 3.05) is 48.8 Å². The van der Waals surface area contributed by atoms with E-state index in [1.165, 1.54) is 12.7 Å². The van der Waals surface area contributed by atoms with Gasteiger partial charge >= 0.3 is 12.0 Å². The first-order valence-electron chi connectivity index (χ1n) is 12.9. The third-order valence-electron chi connectivity index (χ3n) is 6.78. The van der Waals surface area contributed by atoms with E-state index in [2.05, 4.69) is 27.7 Å². The number of carbonyl (C=O) groups is 3. The highest BCUT2D eigenvalue weighted by atomic mass is 16.5. The van der Waals surface area contributed by atoms with Crippen molar-refractivity contribution in [1.82, 2.24) is 4.90 Å². The molecule has 0 aliphatic carbocycles. The maximum Gasteiger partial charge on any atom is 0.338 e. The molecule has 0 bridgehead atoms. The number of rotatable bonds is 8. The van der Waals surface area contributed by atoms with Crippen LogP contribution in [0.15, 0.2) is 72.8 Å². The summed E-state index contributed by atoms with van der Waals surface area (Å²) in [6.45, 7) is 4.32. The standard InChI is InChI=1S/C30H34N4O4/c1-22-26(29(36)38-2)11-7-12-27(22)32-30(37)34-20-18-33(19-21-34)25-16-14-24(15-17-25)31-28(35)13-6-10-23-8-4-3-5-9-23/h3-5,7-9,11-12,14-17H,6,10,13,18-21H2,1-2H3,(H,31,35)(H,32,37). The van der Waals surface area contributed by atoms with Gasteiger partial charge in [-0.15, -0.1) is 0 Å². The number of hydrogen-bond acceptors (Lipinski definition) is 5. The molecule has 3 aromatic carbocycles. The highest BCUT2D eigenvalue weighted by molar-refractivity contribution is 5.96. The van der Waals surface area contributed by atoms with Crippen molar-refractivity contribution in [3.8, 4) is 0 Å². The van der Waals surface area contributed by atoms with E-state index in [9.17, 15) is 14.4 Å². The number of nitrogens with one attached hydrogen (secondary N) is 2. The number of ether oxygens (including phenoxy) is 1. The topological polar surface area (TPSA) is 91.0 Å². The first-order chi connectivity index (χ1) is 18.4. The van der Waals surface area contributed by atoms with E-state index in [0.29, 0.717) is 49.4 Å². The van der Waals surface area contributed by atoms with Crippen LogP contribution in [0, 0.1) is 6.92 Å². The van der Waals surface area contributed by atoms with Gasteiger partial charge in [-0.1, -0.05) is 36.4 Å². The minimum atomic E-state index is -0.430. The molecule has 1 aliphatic heterocycles. The zero-order chi connectivity index (χ0) is 26.9. The number of urea groups is 1. The maximum atomic E-state index is 12.9. The number of amides is 3. The molecule has 198 valence electrons. The predicted molar refractivity (Wildman–Crippen MR) is 150 cm³/mol. The van der Waals surface area contributed by atoms with E-state index in [1.54, 1.807) is 30.0 Å². The van der Waals surface area contributed by atoms with E-state index in [4.69, 9.17) is 4.74 Å². The molecule has 3 amide bonds. The Morgan fingerprint density at radius 1 is 0.842 bits per heavy atom. The van der Waals surface area contributed by atoms with Crippen molar-refractivity contribution in [1.29, 1.82) is 0 Å². The second-order valence-electron chi connectivity index (χ2n) is 9.31. The summed E-state index contributed by atoms with van der Waals surface area (Å²) in [5.41, 5.74) is 4.77. The molecule has 0 spiro atoms. The summed E-state index contributed by atoms with van der Waals surface area (Å²) >= 11 is 0. The van der Waals surface area contributed by atoms with Gasteiger partial charge in [0.1, 0.15) is 0 Å². The Kier molecular flexibility index (Phi) is 8.98. The van der Waals surface area contributed by atoms with Gasteiger partial charge in [-0.2, -0.15) is 0 Å². The first-order valence-corrected chi connectivity index (χ1v) is 12.9. The van der Waals surface area contributed by atoms with Crippen molar-refractivity contribution < 1.29 is 19.1 Å². The Bertz CT molecular complexity index is 1250. The van der Waals surface area contributed by atoms with Gasteiger partial charge in [0.25, 0.3) is 0 Å². The zero-order valence-electron chi connectivity index (χ0n) is 21.9. The van der Waals surface area contributed by atoms with Crippen LogP contribution in [0.5, 0.6) is 0 Å². The van der Waals surface area contributed by atoms with Crippen LogP contribution >= 0.6 is 0 Å². The molecular weight excluding hydrogens is 480 g/mol. The van der Waals surface area contributed by atoms with Gasteiger partial charge in [0, 0.05) is 49.7 Å². The Labute approximate surface area is 223 Å². The van der Waals surface area contributed by atoms with E-state index < -0.39 is 5.97 Å². The number of esters is 1. The average molecular weight is 515 g/mol. The molecule has 3 aromatic rings. The molecule has 4 rings (SSSR count). The lowest BCUT2D eigenvalue weighted by molar-refractivity contribution is -0.116. The van der Waals surface area contributed by atoms with E-state index >= 15 is 0 Å². The summed E-state index contributed by atoms with van der Waals surface area (Å²) in [5, 5.41) is 5.90. The lowest BCUT2D eigenvalue weighted by Crippen LogP contribution is -2.50. The number of carbonyl (C=O) groups excluding carboxylic acids is 3. The Balaban J connectivity index is 1.23. The van der Waals surface area contributed by atoms with Crippen LogP contribution in [0.1, 0.15) is 34.3 Å². The zero-order valence-corrected chi connectivity index (χ0v) is 21.9. The van der Waals surface area contributed by atoms with Crippen LogP contribution in [0.4, 0.5) is 21.9 Å². The Morgan fingerprint density at radius 3 is 2.24 bits per heavy atom. The molecule has 0 unspecified atom stereocenters. The van der Waals surface area contributed by atoms with Gasteiger partial charge in [-0.3, -0.25) is 4.79 Å². The van der Waals surface area contributed by atoms with Gasteiger partial charge < -0.3 is 25.2 Å². The van der Waals surface area contributed by atoms with E-state index in [-0.39, 0.29) is 11.9 Å². The molecule has 38 heavy (non-hydrogen) atoms. The number of piperazine rings is 1. The third-order valence-corrected chi connectivity index (χ3v) is 6.78. The fraction of sp³-hybridized carbons (Fsp3) is 0.300. The molecule has 8 nitrogen and oxygen atoms in total. The van der Waals surface area contributed by atoms with Crippen LogP contribution in [-0.4, -0.2) is 56.1 Å². The number of hydrogen-bond donors (Lipinski definition) is 2. The van der Waals surface area contributed by atoms with Crippen molar-refractivity contribution in [3.63, 3.8) is 0 Å². The molecule has 0 atom stereocenters. The fourth-order valence-electron chi connectivity index (χ4n) is 4.54. The van der Waals surface area contributed by atoms with E-state index in [1.807, 2.05) is 42.5 Å². The average Bonchev–Trinajstić information content (AvgIpc) is 2.95. The molecular formula is C30H34N4O4. The van der Waals surface area contributed by atoms with Crippen LogP contribution in [0.25, 0.3) is 0 Å². The van der Waals surface area contributed by atoms with Gasteiger partial charge in [-0.05, 0) is 67.3 Å². The highest BCUT2D eigenvalue weighted by Crippen LogP contribution is 2.22. The summed E-state index contributed by atoms with van der Waals surface area (Å²) in [6.07, 6.45) is 2.17. The molecule has 1 fully saturated rings. The molecule has 8 heteroatoms. The second-order valence-corrected chi connectivity index (χ2v) is 9.31. The molecule has 1 saturated heterocycles. The van der Waals surface area contributed by atoms with Gasteiger partial charge in [0.2, 0.25) is 5.91 Å². The van der Waals surface area contributed by atoms with Crippen molar-refractivity contribution >= 4 is 35.0 Å². The number of methoxy groups -OCH3 is 1.